The van der Waals surface area contributed by atoms with Crippen molar-refractivity contribution in [3.63, 3.8) is 0 Å². The van der Waals surface area contributed by atoms with E-state index in [2.05, 4.69) is 67.2 Å². The fraction of sp³-hybridized carbons (Fsp3) is 0.304. The number of thiazole rings is 1. The molecule has 0 aliphatic rings. The molecule has 0 N–H and O–H groups in total. The lowest BCUT2D eigenvalue weighted by Crippen LogP contribution is -2.16. The zero-order valence-electron chi connectivity index (χ0n) is 16.2. The normalized spacial score (nSPS) is 12.1. The first kappa shape index (κ1) is 19.3. The second-order valence-electron chi connectivity index (χ2n) is 7.02. The van der Waals surface area contributed by atoms with E-state index < -0.39 is 0 Å². The molecule has 0 radical (unpaired) electrons. The number of aryl methyl sites for hydroxylation is 1. The van der Waals surface area contributed by atoms with Crippen molar-refractivity contribution >= 4 is 27.5 Å². The summed E-state index contributed by atoms with van der Waals surface area (Å²) in [6, 6.07) is 14.7. The average Bonchev–Trinajstić information content (AvgIpc) is 2.99. The lowest BCUT2D eigenvalue weighted by Gasteiger charge is -2.06. The van der Waals surface area contributed by atoms with Gasteiger partial charge in [-0.2, -0.15) is 4.99 Å². The van der Waals surface area contributed by atoms with Crippen LogP contribution in [0.1, 0.15) is 43.4 Å². The van der Waals surface area contributed by atoms with Crippen LogP contribution in [0, 0.1) is 0 Å². The Kier molecular flexibility index (Phi) is 6.07. The molecular formula is C23H26N2OS. The van der Waals surface area contributed by atoms with E-state index in [0.29, 0.717) is 18.9 Å². The first-order valence-electron chi connectivity index (χ1n) is 9.41. The van der Waals surface area contributed by atoms with Crippen molar-refractivity contribution < 1.29 is 4.79 Å². The molecule has 3 rings (SSSR count). The number of carbonyl (C=O) groups is 1. The topological polar surface area (TPSA) is 34.4 Å². The van der Waals surface area contributed by atoms with E-state index in [-0.39, 0.29) is 5.91 Å². The Hall–Kier alpha value is -2.46. The molecule has 2 aromatic carbocycles. The average molecular weight is 379 g/mol. The van der Waals surface area contributed by atoms with Crippen LogP contribution in [0.4, 0.5) is 0 Å². The molecule has 0 aliphatic carbocycles. The fourth-order valence-electron chi connectivity index (χ4n) is 3.05. The molecule has 1 heterocycles. The molecule has 0 aliphatic heterocycles. The predicted molar refractivity (Wildman–Crippen MR) is 114 cm³/mol. The van der Waals surface area contributed by atoms with E-state index in [4.69, 9.17) is 0 Å². The molecule has 0 unspecified atom stereocenters. The van der Waals surface area contributed by atoms with Crippen molar-refractivity contribution in [1.29, 1.82) is 0 Å². The number of amides is 1. The SMILES string of the molecule is C=CCn1c(=NC(=O)Cc2ccc(CC)cc2)sc2cc(C(C)C)ccc21. The lowest BCUT2D eigenvalue weighted by atomic mass is 10.0. The predicted octanol–water partition coefficient (Wildman–Crippen LogP) is 5.24. The van der Waals surface area contributed by atoms with Gasteiger partial charge in [0.2, 0.25) is 0 Å². The van der Waals surface area contributed by atoms with Gasteiger partial charge in [-0.1, -0.05) is 68.5 Å². The number of rotatable bonds is 6. The maximum atomic E-state index is 12.5. The third-order valence-corrected chi connectivity index (χ3v) is 5.73. The van der Waals surface area contributed by atoms with Crippen molar-refractivity contribution in [3.8, 4) is 0 Å². The number of nitrogens with zero attached hydrogens (tertiary/aromatic N) is 2. The van der Waals surface area contributed by atoms with Gasteiger partial charge in [-0.3, -0.25) is 4.79 Å². The zero-order valence-corrected chi connectivity index (χ0v) is 17.1. The lowest BCUT2D eigenvalue weighted by molar-refractivity contribution is -0.117. The second kappa shape index (κ2) is 8.49. The number of aromatic nitrogens is 1. The van der Waals surface area contributed by atoms with Gasteiger partial charge in [-0.25, -0.2) is 0 Å². The molecule has 1 aromatic heterocycles. The van der Waals surface area contributed by atoms with Crippen molar-refractivity contribution in [2.24, 2.45) is 4.99 Å². The first-order valence-corrected chi connectivity index (χ1v) is 10.2. The van der Waals surface area contributed by atoms with E-state index >= 15 is 0 Å². The zero-order chi connectivity index (χ0) is 19.4. The van der Waals surface area contributed by atoms with Crippen molar-refractivity contribution in [1.82, 2.24) is 4.57 Å². The first-order chi connectivity index (χ1) is 13.0. The molecule has 4 heteroatoms. The largest absolute Gasteiger partial charge is 0.313 e. The van der Waals surface area contributed by atoms with Crippen LogP contribution in [0.15, 0.2) is 60.1 Å². The molecule has 0 fully saturated rings. The summed E-state index contributed by atoms with van der Waals surface area (Å²) in [6.45, 7) is 11.0. The number of carbonyl (C=O) groups excluding carboxylic acids is 1. The smallest absolute Gasteiger partial charge is 0.252 e. The van der Waals surface area contributed by atoms with Gasteiger partial charge in [-0.15, -0.1) is 6.58 Å². The molecule has 0 spiro atoms. The molecule has 0 atom stereocenters. The maximum absolute atomic E-state index is 12.5. The number of allylic oxidation sites excluding steroid dienone is 1. The van der Waals surface area contributed by atoms with Gasteiger partial charge in [0.05, 0.1) is 16.6 Å². The summed E-state index contributed by atoms with van der Waals surface area (Å²) < 4.78 is 3.22. The molecule has 0 saturated carbocycles. The Morgan fingerprint density at radius 1 is 1.19 bits per heavy atom. The van der Waals surface area contributed by atoms with Crippen molar-refractivity contribution in [3.05, 3.63) is 76.6 Å². The second-order valence-corrected chi connectivity index (χ2v) is 8.03. The van der Waals surface area contributed by atoms with Gasteiger partial charge in [0, 0.05) is 6.54 Å². The van der Waals surface area contributed by atoms with Crippen LogP contribution >= 0.6 is 11.3 Å². The third-order valence-electron chi connectivity index (χ3n) is 4.69. The minimum absolute atomic E-state index is 0.118. The van der Waals surface area contributed by atoms with Gasteiger partial charge in [0.1, 0.15) is 0 Å². The Morgan fingerprint density at radius 3 is 2.52 bits per heavy atom. The standard InChI is InChI=1S/C23H26N2OS/c1-5-13-25-20-12-11-19(16(3)4)15-21(20)27-23(25)24-22(26)14-18-9-7-17(6-2)8-10-18/h5,7-12,15-16H,1,6,13-14H2,2-4H3. The number of fused-ring (bicyclic) bond motifs is 1. The minimum Gasteiger partial charge on any atom is -0.313 e. The van der Waals surface area contributed by atoms with Gasteiger partial charge >= 0.3 is 0 Å². The summed E-state index contributed by atoms with van der Waals surface area (Å²) in [5, 5.41) is 0. The molecule has 27 heavy (non-hydrogen) atoms. The highest BCUT2D eigenvalue weighted by Crippen LogP contribution is 2.23. The summed E-state index contributed by atoms with van der Waals surface area (Å²) >= 11 is 1.57. The molecule has 0 bridgehead atoms. The van der Waals surface area contributed by atoms with Crippen molar-refractivity contribution in [2.45, 2.75) is 46.1 Å². The van der Waals surface area contributed by atoms with Crippen LogP contribution in [0.5, 0.6) is 0 Å². The van der Waals surface area contributed by atoms with Crippen LogP contribution in [-0.4, -0.2) is 10.5 Å². The third kappa shape index (κ3) is 4.45. The molecule has 1 amide bonds. The van der Waals surface area contributed by atoms with Gasteiger partial charge in [0.25, 0.3) is 5.91 Å². The summed E-state index contributed by atoms with van der Waals surface area (Å²) in [5.74, 6) is 0.352. The summed E-state index contributed by atoms with van der Waals surface area (Å²) in [6.07, 6.45) is 3.17. The van der Waals surface area contributed by atoms with Gasteiger partial charge in [0.15, 0.2) is 4.80 Å². The Balaban J connectivity index is 1.96. The molecule has 3 aromatic rings. The van der Waals surface area contributed by atoms with Crippen LogP contribution in [0.3, 0.4) is 0 Å². The van der Waals surface area contributed by atoms with Crippen LogP contribution < -0.4 is 4.80 Å². The molecule has 0 saturated heterocycles. The number of hydrogen-bond acceptors (Lipinski definition) is 2. The highest BCUT2D eigenvalue weighted by Gasteiger charge is 2.10. The van der Waals surface area contributed by atoms with E-state index in [9.17, 15) is 4.79 Å². The van der Waals surface area contributed by atoms with Crippen molar-refractivity contribution in [2.75, 3.05) is 0 Å². The van der Waals surface area contributed by atoms with E-state index in [1.54, 1.807) is 11.3 Å². The quantitative estimate of drug-likeness (QED) is 0.540. The van der Waals surface area contributed by atoms with Gasteiger partial charge < -0.3 is 4.57 Å². The van der Waals surface area contributed by atoms with E-state index in [1.165, 1.54) is 11.1 Å². The minimum atomic E-state index is -0.118. The Bertz CT molecular complexity index is 1020. The summed E-state index contributed by atoms with van der Waals surface area (Å²) in [5.41, 5.74) is 4.67. The maximum Gasteiger partial charge on any atom is 0.252 e. The number of hydrogen-bond donors (Lipinski definition) is 0. The van der Waals surface area contributed by atoms with E-state index in [1.807, 2.05) is 18.2 Å². The highest BCUT2D eigenvalue weighted by atomic mass is 32.1. The van der Waals surface area contributed by atoms with E-state index in [0.717, 1.165) is 27.0 Å². The summed E-state index contributed by atoms with van der Waals surface area (Å²) in [7, 11) is 0. The number of benzene rings is 2. The highest BCUT2D eigenvalue weighted by molar-refractivity contribution is 7.16. The monoisotopic (exact) mass is 378 g/mol. The van der Waals surface area contributed by atoms with Gasteiger partial charge in [-0.05, 0) is 41.2 Å². The summed E-state index contributed by atoms with van der Waals surface area (Å²) in [4.78, 5) is 17.7. The molecular weight excluding hydrogens is 352 g/mol. The molecule has 140 valence electrons. The van der Waals surface area contributed by atoms with Crippen LogP contribution in [-0.2, 0) is 24.2 Å². The van der Waals surface area contributed by atoms with Crippen LogP contribution in [0.2, 0.25) is 0 Å². The van der Waals surface area contributed by atoms with Crippen LogP contribution in [0.25, 0.3) is 10.2 Å². The fourth-order valence-corrected chi connectivity index (χ4v) is 4.16. The molecule has 3 nitrogen and oxygen atoms in total. The Morgan fingerprint density at radius 2 is 1.89 bits per heavy atom. The Labute approximate surface area is 164 Å².